The summed E-state index contributed by atoms with van der Waals surface area (Å²) < 4.78 is 27.7. The third-order valence-electron chi connectivity index (χ3n) is 4.08. The summed E-state index contributed by atoms with van der Waals surface area (Å²) in [6.07, 6.45) is 2.16. The van der Waals surface area contributed by atoms with Gasteiger partial charge in [-0.15, -0.1) is 0 Å². The number of likely N-dealkylation sites (tertiary alicyclic amines) is 1. The highest BCUT2D eigenvalue weighted by Crippen LogP contribution is 2.23. The maximum atomic E-state index is 13.9. The van der Waals surface area contributed by atoms with Crippen molar-refractivity contribution in [1.82, 2.24) is 4.90 Å². The molecule has 1 aromatic carbocycles. The minimum Gasteiger partial charge on any atom is -0.389 e. The van der Waals surface area contributed by atoms with Crippen molar-refractivity contribution in [3.05, 3.63) is 29.3 Å². The van der Waals surface area contributed by atoms with Gasteiger partial charge in [-0.25, -0.2) is 8.78 Å². The molecule has 21 heavy (non-hydrogen) atoms. The third kappa shape index (κ3) is 3.89. The number of piperidine rings is 1. The van der Waals surface area contributed by atoms with E-state index in [-0.39, 0.29) is 16.2 Å². The van der Waals surface area contributed by atoms with Gasteiger partial charge in [0.1, 0.15) is 4.99 Å². The highest BCUT2D eigenvalue weighted by molar-refractivity contribution is 7.80. The number of nitrogens with one attached hydrogen (secondary N) is 1. The van der Waals surface area contributed by atoms with Crippen LogP contribution in [0.15, 0.2) is 12.1 Å². The fourth-order valence-electron chi connectivity index (χ4n) is 2.64. The van der Waals surface area contributed by atoms with Crippen molar-refractivity contribution >= 4 is 22.9 Å². The molecule has 0 saturated carbocycles. The fraction of sp³-hybridized carbons (Fsp3) is 0.533. The Morgan fingerprint density at radius 3 is 2.57 bits per heavy atom. The van der Waals surface area contributed by atoms with E-state index in [1.54, 1.807) is 0 Å². The maximum absolute atomic E-state index is 13.9. The van der Waals surface area contributed by atoms with Crippen LogP contribution >= 0.6 is 12.2 Å². The molecule has 0 bridgehead atoms. The minimum atomic E-state index is -0.978. The fourth-order valence-corrected chi connectivity index (χ4v) is 2.80. The smallest absolute Gasteiger partial charge is 0.182 e. The predicted molar refractivity (Wildman–Crippen MR) is 85.6 cm³/mol. The molecular formula is C15H21F2N3S. The van der Waals surface area contributed by atoms with E-state index in [0.29, 0.717) is 12.5 Å². The van der Waals surface area contributed by atoms with E-state index in [9.17, 15) is 8.78 Å². The molecule has 1 aliphatic rings. The van der Waals surface area contributed by atoms with Crippen LogP contribution < -0.4 is 11.1 Å². The standard InChI is InChI=1S/C15H21F2N3S/c1-2-20-7-5-10(6-8-20)9-19-12-4-3-11(15(18)21)13(16)14(12)17/h3-4,10,19H,2,5-9H2,1H3,(H2,18,21). The summed E-state index contributed by atoms with van der Waals surface area (Å²) >= 11 is 4.69. The Hall–Kier alpha value is -1.27. The number of nitrogens with zero attached hydrogens (tertiary/aromatic N) is 1. The molecule has 1 aliphatic heterocycles. The highest BCUT2D eigenvalue weighted by Gasteiger charge is 2.19. The van der Waals surface area contributed by atoms with E-state index in [2.05, 4.69) is 29.4 Å². The van der Waals surface area contributed by atoms with Gasteiger partial charge in [-0.1, -0.05) is 19.1 Å². The minimum absolute atomic E-state index is 0.0516. The summed E-state index contributed by atoms with van der Waals surface area (Å²) in [6.45, 7) is 6.01. The van der Waals surface area contributed by atoms with E-state index in [0.717, 1.165) is 32.5 Å². The quantitative estimate of drug-likeness (QED) is 0.820. The topological polar surface area (TPSA) is 41.3 Å². The summed E-state index contributed by atoms with van der Waals surface area (Å²) in [5.74, 6) is -1.40. The Kier molecular flexibility index (Phi) is 5.47. The van der Waals surface area contributed by atoms with Gasteiger partial charge in [0.25, 0.3) is 0 Å². The first kappa shape index (κ1) is 16.1. The molecule has 0 spiro atoms. The Morgan fingerprint density at radius 1 is 1.33 bits per heavy atom. The number of hydrogen-bond acceptors (Lipinski definition) is 3. The van der Waals surface area contributed by atoms with E-state index < -0.39 is 11.6 Å². The van der Waals surface area contributed by atoms with Crippen LogP contribution in [0.1, 0.15) is 25.3 Å². The van der Waals surface area contributed by atoms with Crippen LogP contribution in [-0.2, 0) is 0 Å². The second kappa shape index (κ2) is 7.13. The third-order valence-corrected chi connectivity index (χ3v) is 4.30. The molecule has 0 atom stereocenters. The lowest BCUT2D eigenvalue weighted by Crippen LogP contribution is -2.35. The van der Waals surface area contributed by atoms with Crippen LogP contribution in [0.5, 0.6) is 0 Å². The van der Waals surface area contributed by atoms with Crippen LogP contribution in [0.25, 0.3) is 0 Å². The second-order valence-corrected chi connectivity index (χ2v) is 5.85. The van der Waals surface area contributed by atoms with Crippen LogP contribution in [-0.4, -0.2) is 36.1 Å². The van der Waals surface area contributed by atoms with Gasteiger partial charge in [-0.3, -0.25) is 0 Å². The summed E-state index contributed by atoms with van der Waals surface area (Å²) in [5.41, 5.74) is 5.47. The zero-order valence-electron chi connectivity index (χ0n) is 12.2. The van der Waals surface area contributed by atoms with Gasteiger partial charge in [-0.05, 0) is 50.5 Å². The SMILES string of the molecule is CCN1CCC(CNc2ccc(C(N)=S)c(F)c2F)CC1. The van der Waals surface area contributed by atoms with Crippen molar-refractivity contribution in [2.45, 2.75) is 19.8 Å². The van der Waals surface area contributed by atoms with Crippen molar-refractivity contribution in [1.29, 1.82) is 0 Å². The largest absolute Gasteiger partial charge is 0.389 e. The van der Waals surface area contributed by atoms with Crippen LogP contribution in [0.3, 0.4) is 0 Å². The number of halogens is 2. The summed E-state index contributed by atoms with van der Waals surface area (Å²) in [6, 6.07) is 2.91. The van der Waals surface area contributed by atoms with Gasteiger partial charge in [-0.2, -0.15) is 0 Å². The monoisotopic (exact) mass is 313 g/mol. The molecule has 1 heterocycles. The zero-order chi connectivity index (χ0) is 15.4. The molecule has 6 heteroatoms. The molecule has 1 saturated heterocycles. The van der Waals surface area contributed by atoms with Crippen molar-refractivity contribution in [2.24, 2.45) is 11.7 Å². The van der Waals surface area contributed by atoms with Crippen LogP contribution in [0.4, 0.5) is 14.5 Å². The van der Waals surface area contributed by atoms with E-state index in [1.165, 1.54) is 12.1 Å². The summed E-state index contributed by atoms with van der Waals surface area (Å²) in [4.78, 5) is 2.26. The first-order valence-electron chi connectivity index (χ1n) is 7.27. The number of hydrogen-bond donors (Lipinski definition) is 2. The predicted octanol–water partition coefficient (Wildman–Crippen LogP) is 2.74. The van der Waals surface area contributed by atoms with Crippen molar-refractivity contribution in [3.63, 3.8) is 0 Å². The lowest BCUT2D eigenvalue weighted by Gasteiger charge is -2.31. The molecule has 3 N–H and O–H groups in total. The second-order valence-electron chi connectivity index (χ2n) is 5.41. The normalized spacial score (nSPS) is 16.9. The van der Waals surface area contributed by atoms with Gasteiger partial charge >= 0.3 is 0 Å². The average molecular weight is 313 g/mol. The number of anilines is 1. The maximum Gasteiger partial charge on any atom is 0.182 e. The molecule has 0 aliphatic carbocycles. The molecule has 3 nitrogen and oxygen atoms in total. The molecular weight excluding hydrogens is 292 g/mol. The Labute approximate surface area is 129 Å². The van der Waals surface area contributed by atoms with Crippen LogP contribution in [0.2, 0.25) is 0 Å². The zero-order valence-corrected chi connectivity index (χ0v) is 13.0. The number of rotatable bonds is 5. The van der Waals surface area contributed by atoms with Crippen LogP contribution in [0, 0.1) is 17.6 Å². The average Bonchev–Trinajstić information content (AvgIpc) is 2.49. The number of benzene rings is 1. The Bertz CT molecular complexity index is 514. The van der Waals surface area contributed by atoms with Gasteiger partial charge in [0.05, 0.1) is 5.69 Å². The van der Waals surface area contributed by atoms with Gasteiger partial charge in [0.15, 0.2) is 11.6 Å². The Morgan fingerprint density at radius 2 is 2.00 bits per heavy atom. The van der Waals surface area contributed by atoms with Gasteiger partial charge in [0.2, 0.25) is 0 Å². The number of thiocarbonyl (C=S) groups is 1. The van der Waals surface area contributed by atoms with Crippen molar-refractivity contribution in [2.75, 3.05) is 31.5 Å². The van der Waals surface area contributed by atoms with Crippen molar-refractivity contribution < 1.29 is 8.78 Å². The summed E-state index contributed by atoms with van der Waals surface area (Å²) in [7, 11) is 0. The molecule has 0 radical (unpaired) electrons. The molecule has 0 unspecified atom stereocenters. The highest BCUT2D eigenvalue weighted by atomic mass is 32.1. The first-order valence-corrected chi connectivity index (χ1v) is 7.67. The molecule has 1 fully saturated rings. The van der Waals surface area contributed by atoms with Gasteiger partial charge < -0.3 is 16.0 Å². The molecule has 0 amide bonds. The molecule has 0 aromatic heterocycles. The number of nitrogens with two attached hydrogens (primary N) is 1. The van der Waals surface area contributed by atoms with Crippen molar-refractivity contribution in [3.8, 4) is 0 Å². The van der Waals surface area contributed by atoms with E-state index in [1.807, 2.05) is 0 Å². The summed E-state index contributed by atoms with van der Waals surface area (Å²) in [5, 5.41) is 3.00. The van der Waals surface area contributed by atoms with E-state index in [4.69, 9.17) is 5.73 Å². The first-order chi connectivity index (χ1) is 10.0. The molecule has 1 aromatic rings. The lowest BCUT2D eigenvalue weighted by molar-refractivity contribution is 0.198. The molecule has 2 rings (SSSR count). The van der Waals surface area contributed by atoms with Gasteiger partial charge in [0, 0.05) is 12.1 Å². The lowest BCUT2D eigenvalue weighted by atomic mass is 9.96. The molecule has 116 valence electrons. The Balaban J connectivity index is 1.95. The van der Waals surface area contributed by atoms with E-state index >= 15 is 0 Å².